The number of allylic oxidation sites excluding steroid dienone is 2. The van der Waals surface area contributed by atoms with Crippen LogP contribution in [0.1, 0.15) is 38.8 Å². The number of ether oxygens (including phenoxy) is 1. The van der Waals surface area contributed by atoms with Crippen molar-refractivity contribution in [3.05, 3.63) is 57.5 Å². The van der Waals surface area contributed by atoms with Crippen molar-refractivity contribution in [3.63, 3.8) is 0 Å². The predicted molar refractivity (Wildman–Crippen MR) is 120 cm³/mol. The minimum Gasteiger partial charge on any atom is -0.508 e. The Morgan fingerprint density at radius 2 is 1.91 bits per heavy atom. The Morgan fingerprint density at radius 1 is 1.19 bits per heavy atom. The molecule has 32 heavy (non-hydrogen) atoms. The van der Waals surface area contributed by atoms with E-state index in [0.29, 0.717) is 23.3 Å². The molecule has 0 saturated heterocycles. The molecule has 0 bridgehead atoms. The normalized spacial score (nSPS) is 15.5. The highest BCUT2D eigenvalue weighted by atomic mass is 16.5. The molecule has 7 heteroatoms. The zero-order valence-corrected chi connectivity index (χ0v) is 18.4. The molecule has 4 N–H and O–H groups in total. The molecule has 1 unspecified atom stereocenters. The van der Waals surface area contributed by atoms with Crippen molar-refractivity contribution in [1.29, 1.82) is 0 Å². The summed E-state index contributed by atoms with van der Waals surface area (Å²) in [6.45, 7) is 7.16. The molecule has 2 aromatic carbocycles. The first kappa shape index (κ1) is 21.8. The summed E-state index contributed by atoms with van der Waals surface area (Å²) in [6, 6.07) is 3.89. The molecule has 7 nitrogen and oxygen atoms in total. The summed E-state index contributed by atoms with van der Waals surface area (Å²) in [5.41, 5.74) is 0.864. The van der Waals surface area contributed by atoms with E-state index in [1.807, 2.05) is 19.9 Å². The maximum Gasteiger partial charge on any atom is 0.204 e. The van der Waals surface area contributed by atoms with E-state index in [1.165, 1.54) is 18.4 Å². The Labute approximate surface area is 184 Å². The lowest BCUT2D eigenvalue weighted by Gasteiger charge is -2.24. The number of aromatic hydroxyl groups is 3. The van der Waals surface area contributed by atoms with Crippen molar-refractivity contribution in [1.82, 2.24) is 0 Å². The van der Waals surface area contributed by atoms with Gasteiger partial charge in [0.25, 0.3) is 0 Å². The van der Waals surface area contributed by atoms with E-state index in [9.17, 15) is 25.2 Å². The highest BCUT2D eigenvalue weighted by Crippen LogP contribution is 2.46. The highest BCUT2D eigenvalue weighted by molar-refractivity contribution is 5.93. The molecule has 1 aromatic heterocycles. The second-order valence-electron chi connectivity index (χ2n) is 8.97. The van der Waals surface area contributed by atoms with Gasteiger partial charge < -0.3 is 29.6 Å². The number of benzene rings is 2. The first-order chi connectivity index (χ1) is 15.0. The van der Waals surface area contributed by atoms with Crippen LogP contribution < -0.4 is 10.2 Å². The van der Waals surface area contributed by atoms with Gasteiger partial charge in [-0.05, 0) is 46.2 Å². The van der Waals surface area contributed by atoms with Crippen LogP contribution in [0.3, 0.4) is 0 Å². The lowest BCUT2D eigenvalue weighted by atomic mass is 9.93. The van der Waals surface area contributed by atoms with Gasteiger partial charge in [-0.25, -0.2) is 0 Å². The van der Waals surface area contributed by atoms with E-state index < -0.39 is 17.1 Å². The van der Waals surface area contributed by atoms with Gasteiger partial charge in [0.15, 0.2) is 0 Å². The van der Waals surface area contributed by atoms with Gasteiger partial charge in [-0.1, -0.05) is 11.6 Å². The molecule has 0 radical (unpaired) electrons. The third kappa shape index (κ3) is 3.58. The van der Waals surface area contributed by atoms with Crippen molar-refractivity contribution in [2.45, 2.75) is 52.2 Å². The van der Waals surface area contributed by atoms with E-state index in [4.69, 9.17) is 9.15 Å². The molecule has 0 fully saturated rings. The summed E-state index contributed by atoms with van der Waals surface area (Å²) in [6.07, 6.45) is 3.24. The number of rotatable bonds is 4. The van der Waals surface area contributed by atoms with Crippen LogP contribution in [0.15, 0.2) is 45.3 Å². The van der Waals surface area contributed by atoms with Crippen LogP contribution >= 0.6 is 0 Å². The van der Waals surface area contributed by atoms with Gasteiger partial charge in [0.2, 0.25) is 5.43 Å². The Morgan fingerprint density at radius 3 is 2.53 bits per heavy atom. The Balaban J connectivity index is 2.01. The first-order valence-electron chi connectivity index (χ1n) is 10.4. The van der Waals surface area contributed by atoms with Gasteiger partial charge in [-0.2, -0.15) is 0 Å². The fourth-order valence-electron chi connectivity index (χ4n) is 3.97. The molecule has 0 spiro atoms. The SMILES string of the molecule is CC(C)=CCc1c2c(c(O)c3c(=O)c(-c4ccc(O)cc4O)coc13)CC(C(C)(C)O)O2. The molecule has 3 aromatic rings. The third-order valence-corrected chi connectivity index (χ3v) is 5.76. The fourth-order valence-corrected chi connectivity index (χ4v) is 3.97. The van der Waals surface area contributed by atoms with Gasteiger partial charge in [-0.15, -0.1) is 0 Å². The number of hydrogen-bond donors (Lipinski definition) is 4. The van der Waals surface area contributed by atoms with Gasteiger partial charge >= 0.3 is 0 Å². The number of aliphatic hydroxyl groups is 1. The predicted octanol–water partition coefficient (Wildman–Crippen LogP) is 4.16. The molecule has 0 amide bonds. The fraction of sp³-hybridized carbons (Fsp3) is 0.320. The lowest BCUT2D eigenvalue weighted by molar-refractivity contribution is -0.0232. The average Bonchev–Trinajstić information content (AvgIpc) is 3.14. The summed E-state index contributed by atoms with van der Waals surface area (Å²) < 4.78 is 11.9. The van der Waals surface area contributed by atoms with Crippen LogP contribution in [0.4, 0.5) is 0 Å². The van der Waals surface area contributed by atoms with Crippen molar-refractivity contribution in [3.8, 4) is 34.1 Å². The van der Waals surface area contributed by atoms with Gasteiger partial charge in [0, 0.05) is 29.2 Å². The zero-order valence-electron chi connectivity index (χ0n) is 18.4. The van der Waals surface area contributed by atoms with E-state index in [-0.39, 0.29) is 45.8 Å². The minimum absolute atomic E-state index is 0.00845. The topological polar surface area (TPSA) is 120 Å². The molecule has 1 aliphatic heterocycles. The van der Waals surface area contributed by atoms with Crippen LogP contribution in [0.25, 0.3) is 22.1 Å². The molecule has 0 aliphatic carbocycles. The van der Waals surface area contributed by atoms with Crippen LogP contribution in [-0.4, -0.2) is 32.1 Å². The summed E-state index contributed by atoms with van der Waals surface area (Å²) in [7, 11) is 0. The second kappa shape index (κ2) is 7.60. The quantitative estimate of drug-likeness (QED) is 0.452. The zero-order chi connectivity index (χ0) is 23.4. The highest BCUT2D eigenvalue weighted by Gasteiger charge is 2.39. The van der Waals surface area contributed by atoms with E-state index >= 15 is 0 Å². The maximum atomic E-state index is 13.5. The standard InChI is InChI=1S/C25H26O7/c1-12(2)5-7-15-23-16(10-19(32-23)25(3,4)30)21(28)20-22(29)17(11-31-24(15)20)14-8-6-13(26)9-18(14)27/h5-6,8-9,11,19,26-28,30H,7,10H2,1-4H3. The smallest absolute Gasteiger partial charge is 0.204 e. The maximum absolute atomic E-state index is 13.5. The van der Waals surface area contributed by atoms with Crippen LogP contribution in [-0.2, 0) is 12.8 Å². The molecule has 1 aliphatic rings. The van der Waals surface area contributed by atoms with Crippen LogP contribution in [0, 0.1) is 0 Å². The Kier molecular flexibility index (Phi) is 5.17. The Bertz CT molecular complexity index is 1300. The van der Waals surface area contributed by atoms with Crippen LogP contribution in [0.2, 0.25) is 0 Å². The van der Waals surface area contributed by atoms with E-state index in [0.717, 1.165) is 11.6 Å². The minimum atomic E-state index is -1.16. The number of phenolic OH excluding ortho intramolecular Hbond substituents is 3. The van der Waals surface area contributed by atoms with Crippen LogP contribution in [0.5, 0.6) is 23.0 Å². The van der Waals surface area contributed by atoms with Gasteiger partial charge in [-0.3, -0.25) is 4.79 Å². The molecular weight excluding hydrogens is 412 g/mol. The molecule has 2 heterocycles. The molecule has 168 valence electrons. The molecular formula is C25H26O7. The van der Waals surface area contributed by atoms with Crippen molar-refractivity contribution >= 4 is 11.0 Å². The Hall–Kier alpha value is -3.45. The van der Waals surface area contributed by atoms with Crippen molar-refractivity contribution in [2.75, 3.05) is 0 Å². The average molecular weight is 438 g/mol. The number of fused-ring (bicyclic) bond motifs is 2. The van der Waals surface area contributed by atoms with Gasteiger partial charge in [0.05, 0.1) is 11.2 Å². The van der Waals surface area contributed by atoms with Crippen molar-refractivity contribution in [2.24, 2.45) is 0 Å². The van der Waals surface area contributed by atoms with E-state index in [1.54, 1.807) is 13.8 Å². The third-order valence-electron chi connectivity index (χ3n) is 5.76. The number of phenols is 3. The summed E-state index contributed by atoms with van der Waals surface area (Å²) in [5.74, 6) is -0.261. The largest absolute Gasteiger partial charge is 0.508 e. The summed E-state index contributed by atoms with van der Waals surface area (Å²) >= 11 is 0. The summed E-state index contributed by atoms with van der Waals surface area (Å²) in [4.78, 5) is 13.5. The second-order valence-corrected chi connectivity index (χ2v) is 8.97. The van der Waals surface area contributed by atoms with Crippen molar-refractivity contribution < 1.29 is 29.6 Å². The summed E-state index contributed by atoms with van der Waals surface area (Å²) in [5, 5.41) is 41.3. The molecule has 0 saturated carbocycles. The van der Waals surface area contributed by atoms with E-state index in [2.05, 4.69) is 0 Å². The number of hydrogen-bond acceptors (Lipinski definition) is 7. The first-order valence-corrected chi connectivity index (χ1v) is 10.4. The molecule has 4 rings (SSSR count). The monoisotopic (exact) mass is 438 g/mol. The molecule has 1 atom stereocenters. The lowest BCUT2D eigenvalue weighted by Crippen LogP contribution is -2.39. The van der Waals surface area contributed by atoms with Gasteiger partial charge in [0.1, 0.15) is 46.3 Å².